The zero-order chi connectivity index (χ0) is 12.5. The lowest BCUT2D eigenvalue weighted by Crippen LogP contribution is -2.22. The second-order valence-electron chi connectivity index (χ2n) is 5.67. The Morgan fingerprint density at radius 1 is 1.22 bits per heavy atom. The highest BCUT2D eigenvalue weighted by atomic mass is 19.1. The van der Waals surface area contributed by atoms with E-state index in [2.05, 4.69) is 4.90 Å². The largest absolute Gasteiger partial charge is 0.371 e. The maximum absolute atomic E-state index is 13.3. The summed E-state index contributed by atoms with van der Waals surface area (Å²) in [5, 5.41) is 0. The molecule has 0 spiro atoms. The second-order valence-corrected chi connectivity index (χ2v) is 5.67. The molecule has 1 aliphatic heterocycles. The van der Waals surface area contributed by atoms with Gasteiger partial charge in [0.25, 0.3) is 0 Å². The van der Waals surface area contributed by atoms with Crippen LogP contribution in [0, 0.1) is 17.7 Å². The summed E-state index contributed by atoms with van der Waals surface area (Å²) in [6.45, 7) is 2.87. The average molecular weight is 248 g/mol. The van der Waals surface area contributed by atoms with Gasteiger partial charge in [-0.05, 0) is 61.4 Å². The summed E-state index contributed by atoms with van der Waals surface area (Å²) in [6, 6.07) is 5.15. The Morgan fingerprint density at radius 3 is 2.61 bits per heavy atom. The molecule has 1 saturated carbocycles. The first-order valence-electron chi connectivity index (χ1n) is 7.01. The number of hydrogen-bond donors (Lipinski definition) is 1. The van der Waals surface area contributed by atoms with Crippen molar-refractivity contribution in [3.8, 4) is 0 Å². The van der Waals surface area contributed by atoms with Gasteiger partial charge in [-0.25, -0.2) is 4.39 Å². The van der Waals surface area contributed by atoms with Gasteiger partial charge in [0.15, 0.2) is 0 Å². The molecule has 0 bridgehead atoms. The maximum atomic E-state index is 13.3. The number of nitrogens with two attached hydrogens (primary N) is 1. The van der Waals surface area contributed by atoms with E-state index in [4.69, 9.17) is 5.73 Å². The molecule has 1 aromatic rings. The van der Waals surface area contributed by atoms with Crippen molar-refractivity contribution in [2.75, 3.05) is 24.5 Å². The third-order valence-corrected chi connectivity index (χ3v) is 4.52. The maximum Gasteiger partial charge on any atom is 0.123 e. The summed E-state index contributed by atoms with van der Waals surface area (Å²) < 4.78 is 13.3. The first-order chi connectivity index (χ1) is 8.78. The van der Waals surface area contributed by atoms with Crippen LogP contribution in [0.3, 0.4) is 0 Å². The van der Waals surface area contributed by atoms with E-state index in [1.54, 1.807) is 12.1 Å². The Bertz CT molecular complexity index is 421. The van der Waals surface area contributed by atoms with Crippen molar-refractivity contribution in [3.05, 3.63) is 29.6 Å². The number of benzene rings is 1. The fraction of sp³-hybridized carbons (Fsp3) is 0.600. The van der Waals surface area contributed by atoms with Gasteiger partial charge >= 0.3 is 0 Å². The smallest absolute Gasteiger partial charge is 0.123 e. The van der Waals surface area contributed by atoms with Crippen molar-refractivity contribution >= 4 is 5.69 Å². The Kier molecular flexibility index (Phi) is 3.25. The fourth-order valence-corrected chi connectivity index (χ4v) is 3.65. The molecule has 1 heterocycles. The molecule has 3 rings (SSSR count). The molecule has 1 saturated heterocycles. The molecule has 2 nitrogen and oxygen atoms in total. The molecule has 98 valence electrons. The minimum Gasteiger partial charge on any atom is -0.371 e. The second kappa shape index (κ2) is 4.88. The molecule has 2 aliphatic rings. The standard InChI is InChI=1S/C15H21FN2/c16-14-4-5-15(11(8-14)6-7-17)18-9-12-2-1-3-13(12)10-18/h4-5,8,12-13H,1-3,6-7,9-10,17H2. The van der Waals surface area contributed by atoms with Gasteiger partial charge in [0.1, 0.15) is 5.82 Å². The highest BCUT2D eigenvalue weighted by Gasteiger charge is 2.36. The average Bonchev–Trinajstić information content (AvgIpc) is 2.90. The molecule has 2 fully saturated rings. The number of halogens is 1. The van der Waals surface area contributed by atoms with Crippen LogP contribution in [-0.2, 0) is 6.42 Å². The van der Waals surface area contributed by atoms with Gasteiger partial charge in [0.2, 0.25) is 0 Å². The SMILES string of the molecule is NCCc1cc(F)ccc1N1CC2CCCC2C1. The lowest BCUT2D eigenvalue weighted by molar-refractivity contribution is 0.494. The van der Waals surface area contributed by atoms with Crippen LogP contribution < -0.4 is 10.6 Å². The summed E-state index contributed by atoms with van der Waals surface area (Å²) in [6.07, 6.45) is 4.89. The number of fused-ring (bicyclic) bond motifs is 1. The van der Waals surface area contributed by atoms with E-state index >= 15 is 0 Å². The zero-order valence-electron chi connectivity index (χ0n) is 10.7. The molecule has 2 unspecified atom stereocenters. The van der Waals surface area contributed by atoms with Gasteiger partial charge < -0.3 is 10.6 Å². The summed E-state index contributed by atoms with van der Waals surface area (Å²) in [5.41, 5.74) is 7.90. The van der Waals surface area contributed by atoms with Gasteiger partial charge in [-0.3, -0.25) is 0 Å². The van der Waals surface area contributed by atoms with Crippen molar-refractivity contribution in [1.82, 2.24) is 0 Å². The van der Waals surface area contributed by atoms with Gasteiger partial charge in [-0.1, -0.05) is 6.42 Å². The van der Waals surface area contributed by atoms with Crippen LogP contribution in [0.1, 0.15) is 24.8 Å². The molecule has 1 aromatic carbocycles. The van der Waals surface area contributed by atoms with E-state index < -0.39 is 0 Å². The van der Waals surface area contributed by atoms with Crippen molar-refractivity contribution in [1.29, 1.82) is 0 Å². The van der Waals surface area contributed by atoms with Crippen LogP contribution in [0.5, 0.6) is 0 Å². The van der Waals surface area contributed by atoms with Crippen molar-refractivity contribution in [2.45, 2.75) is 25.7 Å². The molecule has 1 aliphatic carbocycles. The normalized spacial score (nSPS) is 26.7. The van der Waals surface area contributed by atoms with Gasteiger partial charge in [-0.15, -0.1) is 0 Å². The van der Waals surface area contributed by atoms with E-state index in [-0.39, 0.29) is 5.82 Å². The quantitative estimate of drug-likeness (QED) is 0.890. The summed E-state index contributed by atoms with van der Waals surface area (Å²) >= 11 is 0. The number of anilines is 1. The van der Waals surface area contributed by atoms with Crippen LogP contribution in [0.25, 0.3) is 0 Å². The van der Waals surface area contributed by atoms with E-state index in [1.807, 2.05) is 6.07 Å². The monoisotopic (exact) mass is 248 g/mol. The number of hydrogen-bond acceptors (Lipinski definition) is 2. The van der Waals surface area contributed by atoms with Gasteiger partial charge in [0.05, 0.1) is 0 Å². The molecule has 2 N–H and O–H groups in total. The lowest BCUT2D eigenvalue weighted by atomic mass is 10.0. The molecular formula is C15H21FN2. The molecule has 2 atom stereocenters. The van der Waals surface area contributed by atoms with Crippen LogP contribution in [0.15, 0.2) is 18.2 Å². The van der Waals surface area contributed by atoms with Crippen LogP contribution in [0.2, 0.25) is 0 Å². The molecule has 0 radical (unpaired) electrons. The van der Waals surface area contributed by atoms with E-state index in [0.717, 1.165) is 36.9 Å². The topological polar surface area (TPSA) is 29.3 Å². The van der Waals surface area contributed by atoms with Crippen molar-refractivity contribution in [2.24, 2.45) is 17.6 Å². The van der Waals surface area contributed by atoms with Crippen LogP contribution in [-0.4, -0.2) is 19.6 Å². The number of rotatable bonds is 3. The fourth-order valence-electron chi connectivity index (χ4n) is 3.65. The summed E-state index contributed by atoms with van der Waals surface area (Å²) in [7, 11) is 0. The first kappa shape index (κ1) is 12.0. The molecule has 18 heavy (non-hydrogen) atoms. The van der Waals surface area contributed by atoms with E-state index in [1.165, 1.54) is 24.9 Å². The molecule has 0 amide bonds. The van der Waals surface area contributed by atoms with Crippen molar-refractivity contribution < 1.29 is 4.39 Å². The predicted octanol–water partition coefficient (Wildman–Crippen LogP) is 2.56. The minimum atomic E-state index is -0.151. The van der Waals surface area contributed by atoms with Crippen LogP contribution in [0.4, 0.5) is 10.1 Å². The van der Waals surface area contributed by atoms with Crippen LogP contribution >= 0.6 is 0 Å². The highest BCUT2D eigenvalue weighted by Crippen LogP contribution is 2.40. The van der Waals surface area contributed by atoms with Gasteiger partial charge in [-0.2, -0.15) is 0 Å². The van der Waals surface area contributed by atoms with Crippen molar-refractivity contribution in [3.63, 3.8) is 0 Å². The number of nitrogens with zero attached hydrogens (tertiary/aromatic N) is 1. The minimum absolute atomic E-state index is 0.151. The van der Waals surface area contributed by atoms with Gasteiger partial charge in [0, 0.05) is 18.8 Å². The Morgan fingerprint density at radius 2 is 1.94 bits per heavy atom. The Balaban J connectivity index is 1.83. The Hall–Kier alpha value is -1.09. The predicted molar refractivity (Wildman–Crippen MR) is 72.2 cm³/mol. The molecule has 3 heteroatoms. The zero-order valence-corrected chi connectivity index (χ0v) is 10.7. The van der Waals surface area contributed by atoms with E-state index in [9.17, 15) is 4.39 Å². The Labute approximate surface area is 108 Å². The third-order valence-electron chi connectivity index (χ3n) is 4.52. The third kappa shape index (κ3) is 2.12. The summed E-state index contributed by atoms with van der Waals surface area (Å²) in [4.78, 5) is 2.44. The molecular weight excluding hydrogens is 227 g/mol. The summed E-state index contributed by atoms with van der Waals surface area (Å²) in [5.74, 6) is 1.57. The first-order valence-corrected chi connectivity index (χ1v) is 7.01. The highest BCUT2D eigenvalue weighted by molar-refractivity contribution is 5.55. The molecule has 0 aromatic heterocycles. The lowest BCUT2D eigenvalue weighted by Gasteiger charge is -2.23. The van der Waals surface area contributed by atoms with E-state index in [0.29, 0.717) is 6.54 Å².